The zero-order valence-electron chi connectivity index (χ0n) is 17.3. The van der Waals surface area contributed by atoms with Crippen LogP contribution in [0.4, 0.5) is 11.4 Å². The number of thiazole rings is 1. The highest BCUT2D eigenvalue weighted by atomic mass is 32.2. The number of fused-ring (bicyclic) bond motifs is 1. The number of nitrogens with zero attached hydrogens (tertiary/aromatic N) is 4. The third-order valence-electron chi connectivity index (χ3n) is 4.59. The van der Waals surface area contributed by atoms with Crippen LogP contribution in [0.1, 0.15) is 15.9 Å². The predicted octanol–water partition coefficient (Wildman–Crippen LogP) is 6.04. The van der Waals surface area contributed by atoms with Crippen LogP contribution in [0.2, 0.25) is 0 Å². The quantitative estimate of drug-likeness (QED) is 0.201. The molecule has 1 amide bonds. The highest BCUT2D eigenvalue weighted by molar-refractivity contribution is 8.01. The number of aromatic nitrogens is 1. The van der Waals surface area contributed by atoms with Crippen molar-refractivity contribution in [2.24, 2.45) is 0 Å². The maximum absolute atomic E-state index is 12.4. The largest absolute Gasteiger partial charge is 0.322 e. The van der Waals surface area contributed by atoms with Gasteiger partial charge in [0, 0.05) is 17.3 Å². The van der Waals surface area contributed by atoms with Gasteiger partial charge in [-0.3, -0.25) is 14.9 Å². The van der Waals surface area contributed by atoms with Crippen LogP contribution in [0.3, 0.4) is 0 Å². The summed E-state index contributed by atoms with van der Waals surface area (Å²) in [6, 6.07) is 22.2. The van der Waals surface area contributed by atoms with Crippen molar-refractivity contribution in [3.8, 4) is 12.1 Å². The summed E-state index contributed by atoms with van der Waals surface area (Å²) < 4.78 is 1.42. The number of benzene rings is 3. The minimum absolute atomic E-state index is 0.143. The number of nitrogens with one attached hydrogen (secondary N) is 1. The summed E-state index contributed by atoms with van der Waals surface area (Å²) in [4.78, 5) is 28.4. The van der Waals surface area contributed by atoms with Crippen molar-refractivity contribution in [2.45, 2.75) is 9.24 Å². The second kappa shape index (κ2) is 9.96. The first kappa shape index (κ1) is 22.7. The van der Waals surface area contributed by atoms with E-state index in [0.29, 0.717) is 31.6 Å². The molecule has 10 heteroatoms. The summed E-state index contributed by atoms with van der Waals surface area (Å²) in [6.45, 7) is 0. The van der Waals surface area contributed by atoms with Crippen LogP contribution >= 0.6 is 23.1 Å². The predicted molar refractivity (Wildman–Crippen MR) is 130 cm³/mol. The molecule has 1 heterocycles. The van der Waals surface area contributed by atoms with Gasteiger partial charge in [-0.25, -0.2) is 4.98 Å². The molecule has 1 N–H and O–H groups in total. The number of amides is 1. The molecule has 0 spiro atoms. The van der Waals surface area contributed by atoms with E-state index in [0.717, 1.165) is 16.5 Å². The van der Waals surface area contributed by atoms with Gasteiger partial charge in [0.15, 0.2) is 4.34 Å². The molecule has 1 aromatic heterocycles. The summed E-state index contributed by atoms with van der Waals surface area (Å²) in [5, 5.41) is 32.3. The minimum Gasteiger partial charge on any atom is -0.322 e. The van der Waals surface area contributed by atoms with Crippen molar-refractivity contribution < 1.29 is 9.72 Å². The van der Waals surface area contributed by atoms with Crippen LogP contribution in [0, 0.1) is 32.8 Å². The van der Waals surface area contributed by atoms with Crippen molar-refractivity contribution in [3.63, 3.8) is 0 Å². The molecule has 0 bridgehead atoms. The van der Waals surface area contributed by atoms with Crippen LogP contribution in [0.25, 0.3) is 16.3 Å². The van der Waals surface area contributed by atoms with E-state index in [1.165, 1.54) is 23.5 Å². The van der Waals surface area contributed by atoms with E-state index >= 15 is 0 Å². The third kappa shape index (κ3) is 5.10. The highest BCUT2D eigenvalue weighted by Crippen LogP contribution is 2.39. The van der Waals surface area contributed by atoms with Gasteiger partial charge >= 0.3 is 0 Å². The smallest absolute Gasteiger partial charge is 0.283 e. The van der Waals surface area contributed by atoms with Crippen LogP contribution in [0.5, 0.6) is 0 Å². The zero-order chi connectivity index (χ0) is 24.1. The maximum atomic E-state index is 12.4. The number of anilines is 1. The molecule has 34 heavy (non-hydrogen) atoms. The Balaban J connectivity index is 1.58. The molecule has 0 saturated heterocycles. The molecular weight excluding hydrogens is 470 g/mol. The Morgan fingerprint density at radius 2 is 1.85 bits per heavy atom. The van der Waals surface area contributed by atoms with E-state index in [1.54, 1.807) is 60.7 Å². The summed E-state index contributed by atoms with van der Waals surface area (Å²) in [6.07, 6.45) is 1.30. The Morgan fingerprint density at radius 3 is 2.56 bits per heavy atom. The summed E-state index contributed by atoms with van der Waals surface area (Å²) in [5.74, 6) is -0.222. The van der Waals surface area contributed by atoms with Gasteiger partial charge in [-0.05, 0) is 48.0 Å². The Labute approximate surface area is 201 Å². The van der Waals surface area contributed by atoms with Crippen LogP contribution in [0.15, 0.2) is 81.5 Å². The average Bonchev–Trinajstić information content (AvgIpc) is 3.25. The number of carbonyl (C=O) groups excluding carboxylic acids is 1. The molecule has 4 aromatic rings. The lowest BCUT2D eigenvalue weighted by atomic mass is 10.1. The molecule has 164 valence electrons. The molecular formula is C24H13N5O3S2. The number of nitriles is 2. The van der Waals surface area contributed by atoms with Gasteiger partial charge in [0.05, 0.1) is 20.0 Å². The second-order valence-corrected chi connectivity index (χ2v) is 9.17. The minimum atomic E-state index is -0.511. The molecule has 0 saturated carbocycles. The van der Waals surface area contributed by atoms with Gasteiger partial charge in [-0.2, -0.15) is 10.5 Å². The Morgan fingerprint density at radius 1 is 1.09 bits per heavy atom. The molecule has 0 aliphatic rings. The first-order valence-corrected chi connectivity index (χ1v) is 11.4. The maximum Gasteiger partial charge on any atom is 0.283 e. The number of hydrogen-bond donors (Lipinski definition) is 1. The molecule has 0 atom stereocenters. The lowest BCUT2D eigenvalue weighted by Crippen LogP contribution is -2.11. The fourth-order valence-corrected chi connectivity index (χ4v) is 5.17. The van der Waals surface area contributed by atoms with Crippen molar-refractivity contribution in [1.29, 1.82) is 10.5 Å². The molecule has 0 fully saturated rings. The van der Waals surface area contributed by atoms with Gasteiger partial charge in [-0.15, -0.1) is 11.3 Å². The van der Waals surface area contributed by atoms with E-state index in [1.807, 2.05) is 12.1 Å². The van der Waals surface area contributed by atoms with E-state index in [4.69, 9.17) is 10.5 Å². The molecule has 3 aromatic carbocycles. The number of allylic oxidation sites excluding steroid dienone is 1. The molecule has 8 nitrogen and oxygen atoms in total. The lowest BCUT2D eigenvalue weighted by Gasteiger charge is -2.04. The average molecular weight is 484 g/mol. The Bertz CT molecular complexity index is 1520. The SMILES string of the molecule is N#CC(C#N)=Cc1ccc(Sc2nc3ccc(NC(=O)c4ccccc4)cc3s2)c([N+](=O)[O-])c1. The van der Waals surface area contributed by atoms with E-state index in [9.17, 15) is 14.9 Å². The lowest BCUT2D eigenvalue weighted by molar-refractivity contribution is -0.387. The molecule has 4 rings (SSSR count). The standard InChI is InChI=1S/C24H13N5O3S2/c25-13-16(14-26)10-15-6-9-21(20(11-15)29(31)32)33-24-28-19-8-7-18(12-22(19)34-24)27-23(30)17-4-2-1-3-5-17/h1-12H,(H,27,30). The van der Waals surface area contributed by atoms with Gasteiger partial charge in [0.2, 0.25) is 0 Å². The van der Waals surface area contributed by atoms with E-state index < -0.39 is 4.92 Å². The monoisotopic (exact) mass is 483 g/mol. The zero-order valence-corrected chi connectivity index (χ0v) is 18.9. The summed E-state index contributed by atoms with van der Waals surface area (Å²) in [5.41, 5.74) is 1.97. The second-order valence-electron chi connectivity index (χ2n) is 6.85. The van der Waals surface area contributed by atoms with Crippen LogP contribution in [-0.4, -0.2) is 15.8 Å². The van der Waals surface area contributed by atoms with Crippen LogP contribution in [-0.2, 0) is 0 Å². The Hall–Kier alpha value is -4.51. The normalized spacial score (nSPS) is 10.2. The number of nitro benzene ring substituents is 1. The van der Waals surface area contributed by atoms with E-state index in [2.05, 4.69) is 10.3 Å². The Kier molecular flexibility index (Phi) is 6.64. The summed E-state index contributed by atoms with van der Waals surface area (Å²) in [7, 11) is 0. The fraction of sp³-hybridized carbons (Fsp3) is 0. The number of nitro groups is 1. The van der Waals surface area contributed by atoms with Crippen LogP contribution < -0.4 is 5.32 Å². The first-order chi connectivity index (χ1) is 16.5. The fourth-order valence-electron chi connectivity index (χ4n) is 3.02. The summed E-state index contributed by atoms with van der Waals surface area (Å²) >= 11 is 2.50. The van der Waals surface area contributed by atoms with Gasteiger partial charge in [-0.1, -0.05) is 36.0 Å². The number of rotatable bonds is 6. The van der Waals surface area contributed by atoms with Crippen molar-refractivity contribution in [3.05, 3.63) is 93.5 Å². The van der Waals surface area contributed by atoms with Crippen molar-refractivity contribution in [2.75, 3.05) is 5.32 Å². The van der Waals surface area contributed by atoms with Gasteiger partial charge < -0.3 is 5.32 Å². The van der Waals surface area contributed by atoms with Gasteiger partial charge in [0.1, 0.15) is 17.7 Å². The van der Waals surface area contributed by atoms with E-state index in [-0.39, 0.29) is 17.2 Å². The number of hydrogen-bond acceptors (Lipinski definition) is 8. The first-order valence-electron chi connectivity index (χ1n) is 9.72. The highest BCUT2D eigenvalue weighted by Gasteiger charge is 2.18. The molecule has 0 aliphatic heterocycles. The van der Waals surface area contributed by atoms with Crippen molar-refractivity contribution in [1.82, 2.24) is 4.98 Å². The van der Waals surface area contributed by atoms with Gasteiger partial charge in [0.25, 0.3) is 11.6 Å². The number of carbonyl (C=O) groups is 1. The molecule has 0 unspecified atom stereocenters. The topological polar surface area (TPSA) is 133 Å². The third-order valence-corrected chi connectivity index (χ3v) is 6.74. The van der Waals surface area contributed by atoms with Crippen molar-refractivity contribution >= 4 is 56.7 Å². The molecule has 0 radical (unpaired) electrons. The molecule has 0 aliphatic carbocycles.